The Balaban J connectivity index is 2.82. The first-order valence-electron chi connectivity index (χ1n) is 4.97. The van der Waals surface area contributed by atoms with Gasteiger partial charge in [-0.05, 0) is 12.1 Å². The standard InChI is InChI=1S/C10H11F3N2O3S/c1-15(19(2,17)18)5-8(16)14-7-4-3-6(11)9(12)10(7)13/h3-4H,5H2,1-2H3,(H,14,16). The van der Waals surface area contributed by atoms with E-state index in [-0.39, 0.29) is 0 Å². The summed E-state index contributed by atoms with van der Waals surface area (Å²) in [6, 6.07) is 1.49. The molecule has 0 aliphatic heterocycles. The van der Waals surface area contributed by atoms with Gasteiger partial charge >= 0.3 is 0 Å². The number of carbonyl (C=O) groups is 1. The summed E-state index contributed by atoms with van der Waals surface area (Å²) in [7, 11) is -2.42. The molecule has 19 heavy (non-hydrogen) atoms. The third-order valence-electron chi connectivity index (χ3n) is 2.24. The number of hydrogen-bond acceptors (Lipinski definition) is 3. The maximum atomic E-state index is 13.2. The van der Waals surface area contributed by atoms with E-state index in [9.17, 15) is 26.4 Å². The number of halogens is 3. The number of amides is 1. The summed E-state index contributed by atoms with van der Waals surface area (Å²) >= 11 is 0. The fourth-order valence-corrected chi connectivity index (χ4v) is 1.48. The number of hydrogen-bond donors (Lipinski definition) is 1. The zero-order valence-corrected chi connectivity index (χ0v) is 10.9. The molecular weight excluding hydrogens is 285 g/mol. The first-order valence-corrected chi connectivity index (χ1v) is 6.82. The number of benzene rings is 1. The number of rotatable bonds is 4. The Kier molecular flexibility index (Phi) is 4.53. The Labute approximate surface area is 108 Å². The number of sulfonamides is 1. The van der Waals surface area contributed by atoms with Crippen LogP contribution in [0.3, 0.4) is 0 Å². The molecule has 0 unspecified atom stereocenters. The van der Waals surface area contributed by atoms with Gasteiger partial charge in [-0.15, -0.1) is 0 Å². The molecule has 0 atom stereocenters. The maximum Gasteiger partial charge on any atom is 0.239 e. The highest BCUT2D eigenvalue weighted by Gasteiger charge is 2.18. The van der Waals surface area contributed by atoms with Gasteiger partial charge in [0.15, 0.2) is 17.5 Å². The fraction of sp³-hybridized carbons (Fsp3) is 0.300. The van der Waals surface area contributed by atoms with Crippen molar-refractivity contribution in [2.45, 2.75) is 0 Å². The highest BCUT2D eigenvalue weighted by Crippen LogP contribution is 2.19. The molecule has 1 rings (SSSR count). The number of nitrogens with zero attached hydrogens (tertiary/aromatic N) is 1. The molecule has 0 aliphatic rings. The Hall–Kier alpha value is -1.61. The summed E-state index contributed by atoms with van der Waals surface area (Å²) in [6.07, 6.45) is 0.887. The van der Waals surface area contributed by atoms with Crippen molar-refractivity contribution in [3.8, 4) is 0 Å². The minimum atomic E-state index is -3.57. The summed E-state index contributed by atoms with van der Waals surface area (Å²) in [4.78, 5) is 11.4. The van der Waals surface area contributed by atoms with Crippen molar-refractivity contribution in [3.05, 3.63) is 29.6 Å². The van der Waals surface area contributed by atoms with Gasteiger partial charge in [0.05, 0.1) is 18.5 Å². The average Bonchev–Trinajstić information content (AvgIpc) is 2.28. The molecule has 1 aromatic rings. The zero-order chi connectivity index (χ0) is 14.8. The van der Waals surface area contributed by atoms with Crippen LogP contribution in [0.4, 0.5) is 18.9 Å². The van der Waals surface area contributed by atoms with Crippen LogP contribution in [0.15, 0.2) is 12.1 Å². The molecule has 1 N–H and O–H groups in total. The van der Waals surface area contributed by atoms with E-state index in [2.05, 4.69) is 0 Å². The Morgan fingerprint density at radius 2 is 1.84 bits per heavy atom. The van der Waals surface area contributed by atoms with Crippen molar-refractivity contribution in [2.24, 2.45) is 0 Å². The van der Waals surface area contributed by atoms with Gasteiger partial charge in [0, 0.05) is 7.05 Å². The summed E-state index contributed by atoms with van der Waals surface area (Å²) in [5, 5.41) is 1.95. The van der Waals surface area contributed by atoms with E-state index in [0.717, 1.165) is 23.7 Å². The molecule has 0 aliphatic carbocycles. The lowest BCUT2D eigenvalue weighted by Gasteiger charge is -2.14. The molecule has 0 spiro atoms. The van der Waals surface area contributed by atoms with E-state index in [1.807, 2.05) is 5.32 Å². The van der Waals surface area contributed by atoms with Crippen molar-refractivity contribution >= 4 is 21.6 Å². The van der Waals surface area contributed by atoms with E-state index >= 15 is 0 Å². The highest BCUT2D eigenvalue weighted by atomic mass is 32.2. The van der Waals surface area contributed by atoms with E-state index in [0.29, 0.717) is 6.07 Å². The third-order valence-corrected chi connectivity index (χ3v) is 3.50. The summed E-state index contributed by atoms with van der Waals surface area (Å²) in [5.41, 5.74) is -0.564. The molecule has 0 saturated carbocycles. The summed E-state index contributed by atoms with van der Waals surface area (Å²) in [5.74, 6) is -5.52. The third kappa shape index (κ3) is 3.93. The van der Waals surface area contributed by atoms with Crippen LogP contribution >= 0.6 is 0 Å². The van der Waals surface area contributed by atoms with E-state index in [1.165, 1.54) is 0 Å². The van der Waals surface area contributed by atoms with Crippen LogP contribution in [-0.4, -0.2) is 38.5 Å². The zero-order valence-electron chi connectivity index (χ0n) is 10.1. The molecule has 0 bridgehead atoms. The van der Waals surface area contributed by atoms with Gasteiger partial charge in [0.1, 0.15) is 0 Å². The van der Waals surface area contributed by atoms with Gasteiger partial charge in [-0.2, -0.15) is 4.31 Å². The Morgan fingerprint density at radius 1 is 1.26 bits per heavy atom. The molecule has 9 heteroatoms. The molecule has 106 valence electrons. The lowest BCUT2D eigenvalue weighted by molar-refractivity contribution is -0.116. The molecule has 0 saturated heterocycles. The SMILES string of the molecule is CN(CC(=O)Nc1ccc(F)c(F)c1F)S(C)(=O)=O. The van der Waals surface area contributed by atoms with Crippen LogP contribution in [0.25, 0.3) is 0 Å². The minimum Gasteiger partial charge on any atom is -0.322 e. The first-order chi connectivity index (χ1) is 8.62. The van der Waals surface area contributed by atoms with Gasteiger partial charge < -0.3 is 5.32 Å². The van der Waals surface area contributed by atoms with Crippen LogP contribution in [0.1, 0.15) is 0 Å². The maximum absolute atomic E-state index is 13.2. The summed E-state index contributed by atoms with van der Waals surface area (Å²) < 4.78 is 61.6. The number of anilines is 1. The van der Waals surface area contributed by atoms with Crippen molar-refractivity contribution in [1.82, 2.24) is 4.31 Å². The molecule has 0 radical (unpaired) electrons. The molecule has 0 aromatic heterocycles. The van der Waals surface area contributed by atoms with Crippen molar-refractivity contribution in [3.63, 3.8) is 0 Å². The van der Waals surface area contributed by atoms with Gasteiger partial charge in [-0.3, -0.25) is 4.79 Å². The molecule has 5 nitrogen and oxygen atoms in total. The van der Waals surface area contributed by atoms with Crippen molar-refractivity contribution < 1.29 is 26.4 Å². The second kappa shape index (κ2) is 5.57. The predicted molar refractivity (Wildman–Crippen MR) is 62.4 cm³/mol. The van der Waals surface area contributed by atoms with Crippen LogP contribution < -0.4 is 5.32 Å². The second-order valence-corrected chi connectivity index (χ2v) is 5.88. The lowest BCUT2D eigenvalue weighted by atomic mass is 10.3. The van der Waals surface area contributed by atoms with E-state index < -0.39 is 45.6 Å². The lowest BCUT2D eigenvalue weighted by Crippen LogP contribution is -2.34. The van der Waals surface area contributed by atoms with Crippen molar-refractivity contribution in [1.29, 1.82) is 0 Å². The average molecular weight is 296 g/mol. The Bertz CT molecular complexity index is 604. The molecular formula is C10H11F3N2O3S. The van der Waals surface area contributed by atoms with Crippen LogP contribution in [-0.2, 0) is 14.8 Å². The van der Waals surface area contributed by atoms with Crippen LogP contribution in [0.2, 0.25) is 0 Å². The van der Waals surface area contributed by atoms with Crippen LogP contribution in [0.5, 0.6) is 0 Å². The molecule has 0 fully saturated rings. The quantitative estimate of drug-likeness (QED) is 0.841. The first kappa shape index (κ1) is 15.4. The Morgan fingerprint density at radius 3 is 2.37 bits per heavy atom. The fourth-order valence-electron chi connectivity index (χ4n) is 1.13. The van der Waals surface area contributed by atoms with Gasteiger partial charge in [-0.1, -0.05) is 0 Å². The molecule has 1 amide bonds. The predicted octanol–water partition coefficient (Wildman–Crippen LogP) is 0.934. The van der Waals surface area contributed by atoms with E-state index in [4.69, 9.17) is 0 Å². The topological polar surface area (TPSA) is 66.5 Å². The summed E-state index contributed by atoms with van der Waals surface area (Å²) in [6.45, 7) is -0.572. The molecule has 0 heterocycles. The van der Waals surface area contributed by atoms with Gasteiger partial charge in [0.2, 0.25) is 15.9 Å². The monoisotopic (exact) mass is 296 g/mol. The van der Waals surface area contributed by atoms with Gasteiger partial charge in [0.25, 0.3) is 0 Å². The normalized spacial score (nSPS) is 11.7. The van der Waals surface area contributed by atoms with Gasteiger partial charge in [-0.25, -0.2) is 21.6 Å². The smallest absolute Gasteiger partial charge is 0.239 e. The number of likely N-dealkylation sites (N-methyl/N-ethyl adjacent to an activating group) is 1. The highest BCUT2D eigenvalue weighted by molar-refractivity contribution is 7.88. The van der Waals surface area contributed by atoms with E-state index in [1.54, 1.807) is 0 Å². The largest absolute Gasteiger partial charge is 0.322 e. The minimum absolute atomic E-state index is 0.564. The number of nitrogens with one attached hydrogen (secondary N) is 1. The molecule has 1 aromatic carbocycles. The second-order valence-electron chi connectivity index (χ2n) is 3.79. The number of carbonyl (C=O) groups excluding carboxylic acids is 1. The van der Waals surface area contributed by atoms with Crippen molar-refractivity contribution in [2.75, 3.05) is 25.2 Å². The van der Waals surface area contributed by atoms with Crippen LogP contribution in [0, 0.1) is 17.5 Å².